The molecule has 1 N–H and O–H groups in total. The molecule has 0 radical (unpaired) electrons. The molecule has 1 aromatic heterocycles. The molecular formula is C13H23N3O. The Morgan fingerprint density at radius 2 is 2.18 bits per heavy atom. The van der Waals surface area contributed by atoms with E-state index in [0.717, 1.165) is 17.6 Å². The summed E-state index contributed by atoms with van der Waals surface area (Å²) in [6.07, 6.45) is 3.91. The van der Waals surface area contributed by atoms with E-state index in [1.54, 1.807) is 11.8 Å². The standard InChI is InChI=1S/C13H23N3O/c1-9-6-5-7-11(10(9)2)14-12-8-13(17-4)16(3)15-12/h8-11H,5-7H2,1-4H3,(H,14,15). The number of nitrogens with zero attached hydrogens (tertiary/aromatic N) is 2. The zero-order valence-electron chi connectivity index (χ0n) is 11.2. The SMILES string of the molecule is COc1cc(NC2CCCC(C)C2C)nn1C. The molecule has 4 nitrogen and oxygen atoms in total. The maximum atomic E-state index is 5.22. The Bertz CT molecular complexity index is 375. The number of aryl methyl sites for hydroxylation is 1. The maximum absolute atomic E-state index is 5.22. The van der Waals surface area contributed by atoms with E-state index in [2.05, 4.69) is 24.3 Å². The molecular weight excluding hydrogens is 214 g/mol. The molecule has 0 amide bonds. The first-order valence-electron chi connectivity index (χ1n) is 6.46. The molecule has 1 aromatic rings. The summed E-state index contributed by atoms with van der Waals surface area (Å²) in [4.78, 5) is 0. The van der Waals surface area contributed by atoms with Gasteiger partial charge in [0.2, 0.25) is 5.88 Å². The minimum Gasteiger partial charge on any atom is -0.481 e. The smallest absolute Gasteiger partial charge is 0.213 e. The van der Waals surface area contributed by atoms with Crippen LogP contribution < -0.4 is 10.1 Å². The van der Waals surface area contributed by atoms with Crippen LogP contribution in [0.3, 0.4) is 0 Å². The van der Waals surface area contributed by atoms with E-state index in [4.69, 9.17) is 4.74 Å². The third kappa shape index (κ3) is 2.56. The summed E-state index contributed by atoms with van der Waals surface area (Å²) in [5, 5.41) is 7.96. The predicted molar refractivity (Wildman–Crippen MR) is 69.3 cm³/mol. The summed E-state index contributed by atoms with van der Waals surface area (Å²) in [5.41, 5.74) is 0. The van der Waals surface area contributed by atoms with Crippen LogP contribution in [0.25, 0.3) is 0 Å². The molecule has 0 aliphatic heterocycles. The van der Waals surface area contributed by atoms with Gasteiger partial charge in [0.15, 0.2) is 5.82 Å². The molecule has 17 heavy (non-hydrogen) atoms. The molecule has 1 aliphatic carbocycles. The Hall–Kier alpha value is -1.19. The molecule has 2 rings (SSSR count). The van der Waals surface area contributed by atoms with Crippen molar-refractivity contribution in [2.24, 2.45) is 18.9 Å². The summed E-state index contributed by atoms with van der Waals surface area (Å²) in [6.45, 7) is 4.68. The van der Waals surface area contributed by atoms with E-state index < -0.39 is 0 Å². The molecule has 3 unspecified atom stereocenters. The van der Waals surface area contributed by atoms with E-state index >= 15 is 0 Å². The van der Waals surface area contributed by atoms with Gasteiger partial charge in [0.1, 0.15) is 0 Å². The Morgan fingerprint density at radius 1 is 1.41 bits per heavy atom. The summed E-state index contributed by atoms with van der Waals surface area (Å²) in [5.74, 6) is 3.22. The fourth-order valence-corrected chi connectivity index (χ4v) is 2.69. The van der Waals surface area contributed by atoms with Crippen molar-refractivity contribution in [2.75, 3.05) is 12.4 Å². The highest BCUT2D eigenvalue weighted by molar-refractivity contribution is 5.39. The van der Waals surface area contributed by atoms with Crippen LogP contribution in [-0.4, -0.2) is 22.9 Å². The molecule has 96 valence electrons. The third-order valence-corrected chi connectivity index (χ3v) is 4.09. The summed E-state index contributed by atoms with van der Waals surface area (Å²) in [7, 11) is 3.57. The maximum Gasteiger partial charge on any atom is 0.213 e. The van der Waals surface area contributed by atoms with Crippen LogP contribution in [0.4, 0.5) is 5.82 Å². The minimum absolute atomic E-state index is 0.540. The molecule has 0 aromatic carbocycles. The van der Waals surface area contributed by atoms with Gasteiger partial charge >= 0.3 is 0 Å². The first-order chi connectivity index (χ1) is 8.11. The van der Waals surface area contributed by atoms with Crippen LogP contribution in [0.15, 0.2) is 6.07 Å². The van der Waals surface area contributed by atoms with Crippen LogP contribution in [-0.2, 0) is 7.05 Å². The molecule has 1 heterocycles. The van der Waals surface area contributed by atoms with Gasteiger partial charge in [0.05, 0.1) is 7.11 Å². The van der Waals surface area contributed by atoms with Gasteiger partial charge in [-0.25, -0.2) is 4.68 Å². The summed E-state index contributed by atoms with van der Waals surface area (Å²) < 4.78 is 6.99. The number of aromatic nitrogens is 2. The lowest BCUT2D eigenvalue weighted by Crippen LogP contribution is -2.35. The Balaban J connectivity index is 2.04. The quantitative estimate of drug-likeness (QED) is 0.878. The van der Waals surface area contributed by atoms with Crippen molar-refractivity contribution in [1.82, 2.24) is 9.78 Å². The number of hydrogen-bond acceptors (Lipinski definition) is 3. The highest BCUT2D eigenvalue weighted by Crippen LogP contribution is 2.31. The van der Waals surface area contributed by atoms with Gasteiger partial charge < -0.3 is 10.1 Å². The Kier molecular flexibility index (Phi) is 3.60. The van der Waals surface area contributed by atoms with Crippen molar-refractivity contribution in [3.63, 3.8) is 0 Å². The predicted octanol–water partition coefficient (Wildman–Crippen LogP) is 2.67. The van der Waals surface area contributed by atoms with Crippen molar-refractivity contribution >= 4 is 5.82 Å². The van der Waals surface area contributed by atoms with Crippen LogP contribution in [0, 0.1) is 11.8 Å². The van der Waals surface area contributed by atoms with Gasteiger partial charge in [0, 0.05) is 19.2 Å². The highest BCUT2D eigenvalue weighted by atomic mass is 16.5. The second kappa shape index (κ2) is 4.98. The van der Waals surface area contributed by atoms with Gasteiger partial charge in [-0.3, -0.25) is 0 Å². The average Bonchev–Trinajstić information content (AvgIpc) is 2.65. The second-order valence-corrected chi connectivity index (χ2v) is 5.21. The molecule has 4 heteroatoms. The molecule has 0 saturated heterocycles. The number of nitrogens with one attached hydrogen (secondary N) is 1. The second-order valence-electron chi connectivity index (χ2n) is 5.21. The van der Waals surface area contributed by atoms with Gasteiger partial charge in [-0.2, -0.15) is 5.10 Å². The molecule has 0 bridgehead atoms. The van der Waals surface area contributed by atoms with E-state index in [-0.39, 0.29) is 0 Å². The first-order valence-corrected chi connectivity index (χ1v) is 6.46. The van der Waals surface area contributed by atoms with Crippen LogP contribution in [0.2, 0.25) is 0 Å². The van der Waals surface area contributed by atoms with Crippen molar-refractivity contribution in [3.8, 4) is 5.88 Å². The van der Waals surface area contributed by atoms with Crippen LogP contribution >= 0.6 is 0 Å². The number of methoxy groups -OCH3 is 1. The number of ether oxygens (including phenoxy) is 1. The van der Waals surface area contributed by atoms with Crippen LogP contribution in [0.5, 0.6) is 5.88 Å². The fraction of sp³-hybridized carbons (Fsp3) is 0.769. The Labute approximate surface area is 103 Å². The molecule has 1 aliphatic rings. The minimum atomic E-state index is 0.540. The monoisotopic (exact) mass is 237 g/mol. The number of rotatable bonds is 3. The van der Waals surface area contributed by atoms with E-state index in [9.17, 15) is 0 Å². The molecule has 3 atom stereocenters. The Morgan fingerprint density at radius 3 is 2.82 bits per heavy atom. The topological polar surface area (TPSA) is 39.1 Å². The summed E-state index contributed by atoms with van der Waals surface area (Å²) >= 11 is 0. The van der Waals surface area contributed by atoms with Crippen molar-refractivity contribution in [3.05, 3.63) is 6.07 Å². The van der Waals surface area contributed by atoms with Gasteiger partial charge in [-0.1, -0.05) is 26.7 Å². The largest absolute Gasteiger partial charge is 0.481 e. The van der Waals surface area contributed by atoms with Crippen molar-refractivity contribution < 1.29 is 4.74 Å². The lowest BCUT2D eigenvalue weighted by Gasteiger charge is -2.34. The number of anilines is 1. The van der Waals surface area contributed by atoms with Crippen molar-refractivity contribution in [2.45, 2.75) is 39.2 Å². The fourth-order valence-electron chi connectivity index (χ4n) is 2.69. The average molecular weight is 237 g/mol. The lowest BCUT2D eigenvalue weighted by molar-refractivity contribution is 0.253. The van der Waals surface area contributed by atoms with Gasteiger partial charge in [-0.05, 0) is 18.3 Å². The third-order valence-electron chi connectivity index (χ3n) is 4.09. The lowest BCUT2D eigenvalue weighted by atomic mass is 9.78. The number of hydrogen-bond donors (Lipinski definition) is 1. The van der Waals surface area contributed by atoms with E-state index in [1.165, 1.54) is 19.3 Å². The zero-order chi connectivity index (χ0) is 12.4. The van der Waals surface area contributed by atoms with Crippen molar-refractivity contribution in [1.29, 1.82) is 0 Å². The van der Waals surface area contributed by atoms with E-state index in [1.807, 2.05) is 13.1 Å². The zero-order valence-corrected chi connectivity index (χ0v) is 11.2. The molecule has 1 saturated carbocycles. The molecule has 0 spiro atoms. The van der Waals surface area contributed by atoms with Crippen LogP contribution in [0.1, 0.15) is 33.1 Å². The summed E-state index contributed by atoms with van der Waals surface area (Å²) in [6, 6.07) is 2.50. The first kappa shape index (κ1) is 12.3. The van der Waals surface area contributed by atoms with Gasteiger partial charge in [-0.15, -0.1) is 0 Å². The van der Waals surface area contributed by atoms with Gasteiger partial charge in [0.25, 0.3) is 0 Å². The molecule has 1 fully saturated rings. The highest BCUT2D eigenvalue weighted by Gasteiger charge is 2.27. The normalized spacial score (nSPS) is 29.1. The van der Waals surface area contributed by atoms with E-state index in [0.29, 0.717) is 12.0 Å².